The maximum Gasteiger partial charge on any atom is 0.345 e. The summed E-state index contributed by atoms with van der Waals surface area (Å²) in [5.41, 5.74) is 1.51. The number of carbonyl (C=O) groups is 1. The van der Waals surface area contributed by atoms with Gasteiger partial charge in [-0.1, -0.05) is 0 Å². The number of esters is 1. The first kappa shape index (κ1) is 17.1. The first-order valence-electron chi connectivity index (χ1n) is 9.51. The summed E-state index contributed by atoms with van der Waals surface area (Å²) in [6.07, 6.45) is 2.89. The minimum Gasteiger partial charge on any atom is -0.507 e. The van der Waals surface area contributed by atoms with E-state index in [2.05, 4.69) is 0 Å². The number of phenolic OH excluding ortho intramolecular Hbond substituents is 1. The van der Waals surface area contributed by atoms with Crippen LogP contribution in [0.15, 0.2) is 0 Å². The first-order valence-corrected chi connectivity index (χ1v) is 9.51. The largest absolute Gasteiger partial charge is 0.507 e. The van der Waals surface area contributed by atoms with E-state index >= 15 is 0 Å². The fourth-order valence-corrected chi connectivity index (χ4v) is 4.96. The fourth-order valence-electron chi connectivity index (χ4n) is 4.96. The molecule has 0 spiro atoms. The van der Waals surface area contributed by atoms with E-state index in [4.69, 9.17) is 23.7 Å². The Labute approximate surface area is 157 Å². The van der Waals surface area contributed by atoms with Crippen LogP contribution in [0.3, 0.4) is 0 Å². The van der Waals surface area contributed by atoms with E-state index < -0.39 is 17.5 Å². The van der Waals surface area contributed by atoms with Crippen LogP contribution in [0.5, 0.6) is 17.2 Å². The zero-order valence-corrected chi connectivity index (χ0v) is 15.8. The van der Waals surface area contributed by atoms with Gasteiger partial charge in [-0.25, -0.2) is 4.79 Å². The normalized spacial score (nSPS) is 36.0. The Bertz CT molecular complexity index is 777. The highest BCUT2D eigenvalue weighted by atomic mass is 16.7. The topological polar surface area (TPSA) is 83.5 Å². The molecule has 4 heterocycles. The van der Waals surface area contributed by atoms with Crippen molar-refractivity contribution >= 4 is 5.97 Å². The molecule has 0 aliphatic carbocycles. The van der Waals surface area contributed by atoms with Crippen molar-refractivity contribution in [3.8, 4) is 17.2 Å². The lowest BCUT2D eigenvalue weighted by molar-refractivity contribution is -0.170. The van der Waals surface area contributed by atoms with Gasteiger partial charge in [-0.05, 0) is 25.7 Å². The first-order chi connectivity index (χ1) is 12.9. The van der Waals surface area contributed by atoms with Gasteiger partial charge in [0.2, 0.25) is 11.6 Å². The van der Waals surface area contributed by atoms with Crippen LogP contribution >= 0.6 is 0 Å². The zero-order valence-electron chi connectivity index (χ0n) is 15.8. The minimum atomic E-state index is -0.818. The third kappa shape index (κ3) is 2.24. The van der Waals surface area contributed by atoms with Crippen LogP contribution in [0.1, 0.15) is 48.2 Å². The number of ether oxygens (including phenoxy) is 5. The molecular weight excluding hydrogens is 352 g/mol. The molecule has 2 fully saturated rings. The van der Waals surface area contributed by atoms with Crippen molar-refractivity contribution in [2.45, 2.75) is 51.1 Å². The number of aromatic hydroxyl groups is 1. The second-order valence-corrected chi connectivity index (χ2v) is 8.14. The van der Waals surface area contributed by atoms with Crippen LogP contribution in [-0.2, 0) is 27.1 Å². The number of hydrogen-bond acceptors (Lipinski definition) is 7. The summed E-state index contributed by atoms with van der Waals surface area (Å²) >= 11 is 0. The zero-order chi connectivity index (χ0) is 19.0. The SMILES string of the molecule is COC(=O)c1c2c(c(O)c3c1O[C@@]1(C)OCC[C@H]1C3)C[C@@H]1CCO[C@]1(C)O2. The van der Waals surface area contributed by atoms with Crippen LogP contribution in [-0.4, -0.2) is 43.0 Å². The Kier molecular flexibility index (Phi) is 3.50. The maximum absolute atomic E-state index is 12.7. The summed E-state index contributed by atoms with van der Waals surface area (Å²) < 4.78 is 29.0. The average Bonchev–Trinajstić information content (AvgIpc) is 3.19. The van der Waals surface area contributed by atoms with Gasteiger partial charge in [-0.2, -0.15) is 0 Å². The summed E-state index contributed by atoms with van der Waals surface area (Å²) in [5.74, 6) is -1.16. The van der Waals surface area contributed by atoms with Crippen molar-refractivity contribution < 1.29 is 33.6 Å². The Morgan fingerprint density at radius 2 is 1.48 bits per heavy atom. The standard InChI is InChI=1S/C20H24O7/c1-19-10(4-6-24-19)8-12-15(21)13-9-11-5-7-25-20(11,2)27-17(13)14(16(12)26-19)18(22)23-3/h10-11,21H,4-9H2,1-3H3/t10-,11-,19+,20+/m0/s1. The van der Waals surface area contributed by atoms with Gasteiger partial charge in [-0.3, -0.25) is 0 Å². The van der Waals surface area contributed by atoms with E-state index in [0.29, 0.717) is 48.7 Å². The summed E-state index contributed by atoms with van der Waals surface area (Å²) in [4.78, 5) is 12.7. The number of fused-ring (bicyclic) bond motifs is 4. The smallest absolute Gasteiger partial charge is 0.345 e. The van der Waals surface area contributed by atoms with Crippen LogP contribution in [0.25, 0.3) is 0 Å². The van der Waals surface area contributed by atoms with Crippen LogP contribution in [0.2, 0.25) is 0 Å². The van der Waals surface area contributed by atoms with E-state index in [9.17, 15) is 9.90 Å². The molecule has 0 aromatic heterocycles. The second-order valence-electron chi connectivity index (χ2n) is 8.14. The molecular formula is C20H24O7. The second kappa shape index (κ2) is 5.52. The lowest BCUT2D eigenvalue weighted by atomic mass is 9.81. The maximum atomic E-state index is 12.7. The molecule has 0 amide bonds. The molecule has 4 aliphatic rings. The van der Waals surface area contributed by atoms with Crippen LogP contribution < -0.4 is 9.47 Å². The summed E-state index contributed by atoms with van der Waals surface area (Å²) in [5, 5.41) is 11.1. The fraction of sp³-hybridized carbons (Fsp3) is 0.650. The van der Waals surface area contributed by atoms with Gasteiger partial charge in [0.05, 0.1) is 20.3 Å². The Hall–Kier alpha value is -1.99. The van der Waals surface area contributed by atoms with Gasteiger partial charge in [0, 0.05) is 36.8 Å². The van der Waals surface area contributed by atoms with E-state index in [1.165, 1.54) is 7.11 Å². The van der Waals surface area contributed by atoms with Gasteiger partial charge >= 0.3 is 5.97 Å². The number of hydrogen-bond donors (Lipinski definition) is 1. The average molecular weight is 376 g/mol. The quantitative estimate of drug-likeness (QED) is 0.754. The van der Waals surface area contributed by atoms with Gasteiger partial charge in [0.25, 0.3) is 0 Å². The monoisotopic (exact) mass is 376 g/mol. The molecule has 1 N–H and O–H groups in total. The number of methoxy groups -OCH3 is 1. The van der Waals surface area contributed by atoms with Crippen molar-refractivity contribution in [2.24, 2.45) is 11.8 Å². The highest BCUT2D eigenvalue weighted by Gasteiger charge is 2.52. The van der Waals surface area contributed by atoms with Crippen LogP contribution in [0, 0.1) is 11.8 Å². The van der Waals surface area contributed by atoms with Crippen molar-refractivity contribution in [3.05, 3.63) is 16.7 Å². The summed E-state index contributed by atoms with van der Waals surface area (Å²) in [7, 11) is 1.33. The molecule has 0 unspecified atom stereocenters. The highest BCUT2D eigenvalue weighted by Crippen LogP contribution is 2.55. The minimum absolute atomic E-state index is 0.129. The lowest BCUT2D eigenvalue weighted by Gasteiger charge is -2.41. The van der Waals surface area contributed by atoms with Gasteiger partial charge < -0.3 is 28.8 Å². The molecule has 0 radical (unpaired) electrons. The predicted molar refractivity (Wildman–Crippen MR) is 93.0 cm³/mol. The number of benzene rings is 1. The van der Waals surface area contributed by atoms with Crippen molar-refractivity contribution in [3.63, 3.8) is 0 Å². The van der Waals surface area contributed by atoms with Crippen molar-refractivity contribution in [1.29, 1.82) is 0 Å². The molecule has 2 saturated heterocycles. The van der Waals surface area contributed by atoms with Crippen molar-refractivity contribution in [2.75, 3.05) is 20.3 Å². The van der Waals surface area contributed by atoms with Crippen molar-refractivity contribution in [1.82, 2.24) is 0 Å². The molecule has 4 aliphatic heterocycles. The molecule has 0 bridgehead atoms. The third-order valence-corrected chi connectivity index (χ3v) is 6.67. The molecule has 7 heteroatoms. The van der Waals surface area contributed by atoms with E-state index in [0.717, 1.165) is 12.8 Å². The summed E-state index contributed by atoms with van der Waals surface area (Å²) in [6.45, 7) is 4.94. The number of phenols is 1. The molecule has 7 nitrogen and oxygen atoms in total. The molecule has 27 heavy (non-hydrogen) atoms. The van der Waals surface area contributed by atoms with Gasteiger partial charge in [0.15, 0.2) is 0 Å². The van der Waals surface area contributed by atoms with E-state index in [1.807, 2.05) is 13.8 Å². The van der Waals surface area contributed by atoms with Crippen LogP contribution in [0.4, 0.5) is 0 Å². The van der Waals surface area contributed by atoms with E-state index in [-0.39, 0.29) is 23.1 Å². The van der Waals surface area contributed by atoms with Gasteiger partial charge in [0.1, 0.15) is 22.8 Å². The Balaban J connectivity index is 1.73. The van der Waals surface area contributed by atoms with Gasteiger partial charge in [-0.15, -0.1) is 0 Å². The Morgan fingerprint density at radius 1 is 1.00 bits per heavy atom. The number of carbonyl (C=O) groups excluding carboxylic acids is 1. The molecule has 1 aromatic rings. The molecule has 1 aromatic carbocycles. The predicted octanol–water partition coefficient (Wildman–Crippen LogP) is 2.55. The highest BCUT2D eigenvalue weighted by molar-refractivity contribution is 5.98. The molecule has 5 rings (SSSR count). The lowest BCUT2D eigenvalue weighted by Crippen LogP contribution is -2.45. The molecule has 146 valence electrons. The Morgan fingerprint density at radius 3 is 1.93 bits per heavy atom. The number of rotatable bonds is 1. The molecule has 0 saturated carbocycles. The summed E-state index contributed by atoms with van der Waals surface area (Å²) in [6, 6.07) is 0. The van der Waals surface area contributed by atoms with E-state index in [1.54, 1.807) is 0 Å². The third-order valence-electron chi connectivity index (χ3n) is 6.67. The molecule has 4 atom stereocenters.